The Morgan fingerprint density at radius 2 is 2.00 bits per heavy atom. The quantitative estimate of drug-likeness (QED) is 0.296. The van der Waals surface area contributed by atoms with E-state index in [1.54, 1.807) is 0 Å². The summed E-state index contributed by atoms with van der Waals surface area (Å²) in [5.74, 6) is 0. The molecule has 0 aromatic carbocycles. The molecule has 1 atom stereocenters. The molecule has 0 saturated heterocycles. The van der Waals surface area contributed by atoms with Crippen molar-refractivity contribution in [2.75, 3.05) is 13.1 Å². The molecule has 1 aliphatic heterocycles. The maximum absolute atomic E-state index is 5.77. The van der Waals surface area contributed by atoms with Crippen LogP contribution in [0.2, 0.25) is 0 Å². The van der Waals surface area contributed by atoms with Crippen molar-refractivity contribution >= 4 is 11.6 Å². The first-order chi connectivity index (χ1) is 3.80. The van der Waals surface area contributed by atoms with Crippen molar-refractivity contribution in [3.8, 4) is 0 Å². The van der Waals surface area contributed by atoms with Crippen molar-refractivity contribution in [1.82, 2.24) is 4.90 Å². The lowest BCUT2D eigenvalue weighted by atomic mass is 10.6. The van der Waals surface area contributed by atoms with Crippen LogP contribution < -0.4 is 0 Å². The number of rotatable bonds is 1. The van der Waals surface area contributed by atoms with Crippen LogP contribution in [-0.2, 0) is 0 Å². The molecule has 0 aromatic rings. The third-order valence-electron chi connectivity index (χ3n) is 1.35. The van der Waals surface area contributed by atoms with Crippen LogP contribution in [0.5, 0.6) is 0 Å². The lowest BCUT2D eigenvalue weighted by Crippen LogP contribution is -2.25. The fraction of sp³-hybridized carbons (Fsp3) is 0.667. The highest BCUT2D eigenvalue weighted by atomic mass is 35.5. The molecular formula is C6H10ClN. The Kier molecular flexibility index (Phi) is 1.92. The predicted molar refractivity (Wildman–Crippen MR) is 36.0 cm³/mol. The standard InChI is InChI=1S/C6H10ClN/c1-6(7)8-4-2-3-5-8/h2-3,6H,4-5H2,1H3. The van der Waals surface area contributed by atoms with Crippen LogP contribution >= 0.6 is 11.6 Å². The van der Waals surface area contributed by atoms with Crippen LogP contribution in [-0.4, -0.2) is 23.5 Å². The van der Waals surface area contributed by atoms with Crippen LogP contribution in [0.4, 0.5) is 0 Å². The minimum absolute atomic E-state index is 0.185. The highest BCUT2D eigenvalue weighted by Crippen LogP contribution is 2.07. The lowest BCUT2D eigenvalue weighted by molar-refractivity contribution is 0.340. The van der Waals surface area contributed by atoms with Crippen molar-refractivity contribution < 1.29 is 0 Å². The van der Waals surface area contributed by atoms with Gasteiger partial charge in [-0.25, -0.2) is 0 Å². The first kappa shape index (κ1) is 6.12. The van der Waals surface area contributed by atoms with E-state index in [4.69, 9.17) is 11.6 Å². The van der Waals surface area contributed by atoms with Gasteiger partial charge < -0.3 is 0 Å². The van der Waals surface area contributed by atoms with E-state index in [-0.39, 0.29) is 5.50 Å². The topological polar surface area (TPSA) is 3.24 Å². The highest BCUT2D eigenvalue weighted by Gasteiger charge is 2.09. The molecule has 0 radical (unpaired) electrons. The summed E-state index contributed by atoms with van der Waals surface area (Å²) in [6.07, 6.45) is 4.28. The third-order valence-corrected chi connectivity index (χ3v) is 1.63. The predicted octanol–water partition coefficient (Wildman–Crippen LogP) is 1.44. The number of nitrogens with zero attached hydrogens (tertiary/aromatic N) is 1. The summed E-state index contributed by atoms with van der Waals surface area (Å²) in [6, 6.07) is 0. The van der Waals surface area contributed by atoms with E-state index in [0.29, 0.717) is 0 Å². The largest absolute Gasteiger partial charge is 0.280 e. The second-order valence-corrected chi connectivity index (χ2v) is 2.63. The van der Waals surface area contributed by atoms with Crippen molar-refractivity contribution in [3.63, 3.8) is 0 Å². The summed E-state index contributed by atoms with van der Waals surface area (Å²) >= 11 is 5.77. The molecule has 0 spiro atoms. The first-order valence-electron chi connectivity index (χ1n) is 2.84. The molecule has 0 aromatic heterocycles. The SMILES string of the molecule is CC(Cl)N1CC=CC1. The minimum Gasteiger partial charge on any atom is -0.280 e. The molecule has 46 valence electrons. The number of halogens is 1. The molecule has 1 heterocycles. The Balaban J connectivity index is 2.29. The van der Waals surface area contributed by atoms with Crippen LogP contribution in [0, 0.1) is 0 Å². The normalized spacial score (nSPS) is 24.2. The zero-order valence-corrected chi connectivity index (χ0v) is 5.73. The van der Waals surface area contributed by atoms with Gasteiger partial charge in [0.1, 0.15) is 0 Å². The van der Waals surface area contributed by atoms with Gasteiger partial charge >= 0.3 is 0 Å². The van der Waals surface area contributed by atoms with Gasteiger partial charge in [0, 0.05) is 13.1 Å². The average Bonchev–Trinajstić information content (AvgIpc) is 2.12. The van der Waals surface area contributed by atoms with Gasteiger partial charge in [-0.2, -0.15) is 0 Å². The lowest BCUT2D eigenvalue weighted by Gasteiger charge is -2.16. The van der Waals surface area contributed by atoms with Gasteiger partial charge in [-0.15, -0.1) is 11.6 Å². The molecule has 0 N–H and O–H groups in total. The monoisotopic (exact) mass is 131 g/mol. The first-order valence-corrected chi connectivity index (χ1v) is 3.27. The van der Waals surface area contributed by atoms with Crippen LogP contribution in [0.3, 0.4) is 0 Å². The van der Waals surface area contributed by atoms with Gasteiger partial charge in [0.15, 0.2) is 0 Å². The molecular weight excluding hydrogens is 122 g/mol. The highest BCUT2D eigenvalue weighted by molar-refractivity contribution is 6.20. The zero-order chi connectivity index (χ0) is 5.98. The van der Waals surface area contributed by atoms with Gasteiger partial charge in [-0.05, 0) is 6.92 Å². The van der Waals surface area contributed by atoms with Gasteiger partial charge in [0.25, 0.3) is 0 Å². The maximum Gasteiger partial charge on any atom is 0.0827 e. The van der Waals surface area contributed by atoms with Gasteiger partial charge in [0.2, 0.25) is 0 Å². The summed E-state index contributed by atoms with van der Waals surface area (Å²) in [5, 5.41) is 0. The fourth-order valence-electron chi connectivity index (χ4n) is 0.785. The van der Waals surface area contributed by atoms with Crippen LogP contribution in [0.15, 0.2) is 12.2 Å². The van der Waals surface area contributed by atoms with E-state index >= 15 is 0 Å². The smallest absolute Gasteiger partial charge is 0.0827 e. The summed E-state index contributed by atoms with van der Waals surface area (Å²) < 4.78 is 0. The molecule has 0 amide bonds. The van der Waals surface area contributed by atoms with Gasteiger partial charge in [0.05, 0.1) is 5.50 Å². The Morgan fingerprint density at radius 1 is 1.50 bits per heavy atom. The second kappa shape index (κ2) is 2.51. The molecule has 0 bridgehead atoms. The summed E-state index contributed by atoms with van der Waals surface area (Å²) in [6.45, 7) is 4.03. The molecule has 2 heteroatoms. The molecule has 0 fully saturated rings. The summed E-state index contributed by atoms with van der Waals surface area (Å²) in [7, 11) is 0. The molecule has 8 heavy (non-hydrogen) atoms. The van der Waals surface area contributed by atoms with Gasteiger partial charge in [-0.3, -0.25) is 4.90 Å². The molecule has 1 nitrogen and oxygen atoms in total. The zero-order valence-electron chi connectivity index (χ0n) is 4.97. The minimum atomic E-state index is 0.185. The van der Waals surface area contributed by atoms with Crippen molar-refractivity contribution in [2.24, 2.45) is 0 Å². The molecule has 0 aliphatic carbocycles. The molecule has 0 saturated carbocycles. The van der Waals surface area contributed by atoms with E-state index in [1.807, 2.05) is 6.92 Å². The van der Waals surface area contributed by atoms with Gasteiger partial charge in [-0.1, -0.05) is 12.2 Å². The summed E-state index contributed by atoms with van der Waals surface area (Å²) in [4.78, 5) is 2.18. The number of hydrogen-bond donors (Lipinski definition) is 0. The molecule has 1 rings (SSSR count). The van der Waals surface area contributed by atoms with E-state index in [9.17, 15) is 0 Å². The number of hydrogen-bond acceptors (Lipinski definition) is 1. The Morgan fingerprint density at radius 3 is 2.25 bits per heavy atom. The van der Waals surface area contributed by atoms with Crippen LogP contribution in [0.1, 0.15) is 6.92 Å². The van der Waals surface area contributed by atoms with Crippen molar-refractivity contribution in [1.29, 1.82) is 0 Å². The van der Waals surface area contributed by atoms with E-state index in [2.05, 4.69) is 17.1 Å². The van der Waals surface area contributed by atoms with E-state index in [0.717, 1.165) is 13.1 Å². The Hall–Kier alpha value is -0.0100. The molecule has 1 aliphatic rings. The van der Waals surface area contributed by atoms with Crippen molar-refractivity contribution in [3.05, 3.63) is 12.2 Å². The average molecular weight is 132 g/mol. The maximum atomic E-state index is 5.77. The van der Waals surface area contributed by atoms with E-state index < -0.39 is 0 Å². The number of alkyl halides is 1. The van der Waals surface area contributed by atoms with E-state index in [1.165, 1.54) is 0 Å². The summed E-state index contributed by atoms with van der Waals surface area (Å²) in [5.41, 5.74) is 0.185. The third kappa shape index (κ3) is 1.23. The molecule has 1 unspecified atom stereocenters. The Labute approximate surface area is 54.9 Å². The second-order valence-electron chi connectivity index (χ2n) is 2.00. The van der Waals surface area contributed by atoms with Crippen molar-refractivity contribution in [2.45, 2.75) is 12.4 Å². The Bertz CT molecular complexity index is 90.7. The fourth-order valence-corrected chi connectivity index (χ4v) is 0.944. The van der Waals surface area contributed by atoms with Crippen LogP contribution in [0.25, 0.3) is 0 Å².